The molecule has 1 unspecified atom stereocenters. The lowest BCUT2D eigenvalue weighted by Gasteiger charge is -2.19. The van der Waals surface area contributed by atoms with E-state index >= 15 is 0 Å². The first-order valence-corrected chi connectivity index (χ1v) is 5.93. The Morgan fingerprint density at radius 1 is 1.05 bits per heavy atom. The molecule has 0 bridgehead atoms. The van der Waals surface area contributed by atoms with Gasteiger partial charge in [-0.1, -0.05) is 18.2 Å². The Kier molecular flexibility index (Phi) is 2.81. The summed E-state index contributed by atoms with van der Waals surface area (Å²) < 4.78 is 3.55. The van der Waals surface area contributed by atoms with Gasteiger partial charge in [-0.15, -0.1) is 0 Å². The van der Waals surface area contributed by atoms with Crippen LogP contribution in [0.3, 0.4) is 0 Å². The van der Waals surface area contributed by atoms with Crippen LogP contribution in [-0.4, -0.2) is 20.2 Å². The highest BCUT2D eigenvalue weighted by Gasteiger charge is 2.22. The molecule has 0 aliphatic heterocycles. The Balaban J connectivity index is 2.17. The third-order valence-electron chi connectivity index (χ3n) is 3.15. The molecule has 0 aliphatic rings. The van der Waals surface area contributed by atoms with Crippen LogP contribution in [0.2, 0.25) is 0 Å². The fraction of sp³-hybridized carbons (Fsp3) is 0.0714. The molecule has 3 aromatic rings. The zero-order valence-electron chi connectivity index (χ0n) is 10.1. The second kappa shape index (κ2) is 4.62. The lowest BCUT2D eigenvalue weighted by atomic mass is 10.2. The van der Waals surface area contributed by atoms with E-state index in [0.717, 1.165) is 10.9 Å². The topological polar surface area (TPSA) is 59.2 Å². The zero-order valence-corrected chi connectivity index (χ0v) is 10.1. The molecule has 0 aliphatic carbocycles. The van der Waals surface area contributed by atoms with Crippen molar-refractivity contribution in [2.24, 2.45) is 0 Å². The van der Waals surface area contributed by atoms with Crippen molar-refractivity contribution < 1.29 is 10.0 Å². The van der Waals surface area contributed by atoms with E-state index in [1.54, 1.807) is 22.4 Å². The predicted molar refractivity (Wildman–Crippen MR) is 70.7 cm³/mol. The molecular formula is C14H13N3O2. The van der Waals surface area contributed by atoms with Crippen molar-refractivity contribution in [1.29, 1.82) is 0 Å². The minimum absolute atomic E-state index is 0.488. The largest absolute Gasteiger partial charge is 0.325 e. The van der Waals surface area contributed by atoms with E-state index in [1.165, 1.54) is 0 Å². The Bertz CT molecular complexity index is 700. The van der Waals surface area contributed by atoms with Gasteiger partial charge in [0.05, 0.1) is 5.52 Å². The number of para-hydroxylation sites is 1. The second-order valence-electron chi connectivity index (χ2n) is 4.26. The molecule has 2 heterocycles. The molecule has 0 radical (unpaired) electrons. The minimum Gasteiger partial charge on any atom is -0.325 e. The quantitative estimate of drug-likeness (QED) is 0.555. The lowest BCUT2D eigenvalue weighted by Crippen LogP contribution is -2.34. The maximum atomic E-state index is 11.9. The zero-order chi connectivity index (χ0) is 13.2. The maximum Gasteiger partial charge on any atom is 0.287 e. The highest BCUT2D eigenvalue weighted by molar-refractivity contribution is 5.85. The van der Waals surface area contributed by atoms with E-state index in [4.69, 9.17) is 5.21 Å². The Hall–Kier alpha value is -2.53. The summed E-state index contributed by atoms with van der Waals surface area (Å²) in [5.41, 5.74) is 2.66. The van der Waals surface area contributed by atoms with Crippen LogP contribution in [0, 0.1) is 0 Å². The molecule has 1 aromatic carbocycles. The SMILES string of the molecule is O=C(NO)C(n1cccc1)n1ccc2ccccc21. The van der Waals surface area contributed by atoms with E-state index in [1.807, 2.05) is 53.2 Å². The number of benzene rings is 1. The molecule has 0 spiro atoms. The molecule has 19 heavy (non-hydrogen) atoms. The van der Waals surface area contributed by atoms with Crippen molar-refractivity contribution in [2.75, 3.05) is 0 Å². The van der Waals surface area contributed by atoms with Gasteiger partial charge in [-0.25, -0.2) is 5.48 Å². The van der Waals surface area contributed by atoms with Crippen molar-refractivity contribution in [3.05, 3.63) is 61.1 Å². The number of carbonyl (C=O) groups excluding carboxylic acids is 1. The molecule has 0 fully saturated rings. The van der Waals surface area contributed by atoms with Gasteiger partial charge in [0.1, 0.15) is 0 Å². The monoisotopic (exact) mass is 255 g/mol. The van der Waals surface area contributed by atoms with Crippen LogP contribution in [0.25, 0.3) is 10.9 Å². The highest BCUT2D eigenvalue weighted by Crippen LogP contribution is 2.21. The van der Waals surface area contributed by atoms with Crippen molar-refractivity contribution in [3.8, 4) is 0 Å². The van der Waals surface area contributed by atoms with Crippen molar-refractivity contribution in [1.82, 2.24) is 14.6 Å². The average molecular weight is 255 g/mol. The summed E-state index contributed by atoms with van der Waals surface area (Å²) in [6.07, 6.45) is 4.76. The van der Waals surface area contributed by atoms with E-state index in [9.17, 15) is 4.79 Å². The van der Waals surface area contributed by atoms with Gasteiger partial charge < -0.3 is 9.13 Å². The number of nitrogens with zero attached hydrogens (tertiary/aromatic N) is 2. The standard InChI is InChI=1S/C14H13N3O2/c18-13(15-19)14(16-8-3-4-9-16)17-10-7-11-5-1-2-6-12(11)17/h1-10,14,19H,(H,15,18). The molecule has 2 aromatic heterocycles. The number of hydrogen-bond acceptors (Lipinski definition) is 2. The smallest absolute Gasteiger partial charge is 0.287 e. The number of rotatable bonds is 3. The van der Waals surface area contributed by atoms with Gasteiger partial charge in [-0.3, -0.25) is 10.0 Å². The molecule has 3 rings (SSSR count). The molecule has 0 saturated heterocycles. The molecular weight excluding hydrogens is 242 g/mol. The Morgan fingerprint density at radius 3 is 2.53 bits per heavy atom. The van der Waals surface area contributed by atoms with Gasteiger partial charge in [0, 0.05) is 18.6 Å². The summed E-state index contributed by atoms with van der Waals surface area (Å²) in [7, 11) is 0. The fourth-order valence-corrected chi connectivity index (χ4v) is 2.29. The molecule has 0 saturated carbocycles. The number of amides is 1. The molecule has 1 amide bonds. The average Bonchev–Trinajstić information content (AvgIpc) is 3.09. The molecule has 2 N–H and O–H groups in total. The highest BCUT2D eigenvalue weighted by atomic mass is 16.5. The number of nitrogens with one attached hydrogen (secondary N) is 1. The van der Waals surface area contributed by atoms with Crippen LogP contribution in [0.4, 0.5) is 0 Å². The first-order chi connectivity index (χ1) is 9.31. The van der Waals surface area contributed by atoms with E-state index in [-0.39, 0.29) is 0 Å². The third-order valence-corrected chi connectivity index (χ3v) is 3.15. The number of hydrogen-bond donors (Lipinski definition) is 2. The van der Waals surface area contributed by atoms with Crippen LogP contribution < -0.4 is 5.48 Å². The number of aromatic nitrogens is 2. The van der Waals surface area contributed by atoms with Crippen molar-refractivity contribution in [2.45, 2.75) is 6.17 Å². The van der Waals surface area contributed by atoms with Crippen LogP contribution in [0.1, 0.15) is 6.17 Å². The van der Waals surface area contributed by atoms with Crippen LogP contribution in [0.15, 0.2) is 61.1 Å². The second-order valence-corrected chi connectivity index (χ2v) is 4.26. The Morgan fingerprint density at radius 2 is 1.79 bits per heavy atom. The van der Waals surface area contributed by atoms with Gasteiger partial charge in [-0.2, -0.15) is 0 Å². The summed E-state index contributed by atoms with van der Waals surface area (Å²) in [5.74, 6) is -0.488. The Labute approximate surface area is 109 Å². The number of fused-ring (bicyclic) bond motifs is 1. The van der Waals surface area contributed by atoms with E-state index in [2.05, 4.69) is 0 Å². The predicted octanol–water partition coefficient (Wildman–Crippen LogP) is 2.00. The summed E-state index contributed by atoms with van der Waals surface area (Å²) in [6.45, 7) is 0. The van der Waals surface area contributed by atoms with Crippen LogP contribution in [0.5, 0.6) is 0 Å². The summed E-state index contributed by atoms with van der Waals surface area (Å²) >= 11 is 0. The summed E-state index contributed by atoms with van der Waals surface area (Å²) in [4.78, 5) is 11.9. The molecule has 1 atom stereocenters. The van der Waals surface area contributed by atoms with Crippen LogP contribution >= 0.6 is 0 Å². The van der Waals surface area contributed by atoms with Gasteiger partial charge in [0.2, 0.25) is 0 Å². The lowest BCUT2D eigenvalue weighted by molar-refractivity contribution is -0.133. The minimum atomic E-state index is -0.653. The van der Waals surface area contributed by atoms with E-state index in [0.29, 0.717) is 0 Å². The molecule has 5 heteroatoms. The summed E-state index contributed by atoms with van der Waals surface area (Å²) in [5, 5.41) is 10.00. The number of hydroxylamine groups is 1. The number of carbonyl (C=O) groups is 1. The van der Waals surface area contributed by atoms with Gasteiger partial charge in [0.25, 0.3) is 5.91 Å². The maximum absolute atomic E-state index is 11.9. The van der Waals surface area contributed by atoms with Crippen LogP contribution in [-0.2, 0) is 4.79 Å². The molecule has 96 valence electrons. The van der Waals surface area contributed by atoms with Gasteiger partial charge in [-0.05, 0) is 29.7 Å². The van der Waals surface area contributed by atoms with Gasteiger partial charge >= 0.3 is 0 Å². The molecule has 5 nitrogen and oxygen atoms in total. The van der Waals surface area contributed by atoms with Gasteiger partial charge in [0.15, 0.2) is 6.17 Å². The first-order valence-electron chi connectivity index (χ1n) is 5.93. The summed E-state index contributed by atoms with van der Waals surface area (Å²) in [6, 6.07) is 13.4. The third kappa shape index (κ3) is 1.90. The fourth-order valence-electron chi connectivity index (χ4n) is 2.29. The van der Waals surface area contributed by atoms with E-state index < -0.39 is 12.1 Å². The first kappa shape index (κ1) is 11.6. The normalized spacial score (nSPS) is 12.5. The van der Waals surface area contributed by atoms with Crippen molar-refractivity contribution in [3.63, 3.8) is 0 Å². The van der Waals surface area contributed by atoms with Crippen molar-refractivity contribution >= 4 is 16.8 Å².